The molecule has 3 aromatic heterocycles. The minimum atomic E-state index is -0.127. The molecule has 0 spiro atoms. The number of carbonyl (C=O) groups is 1. The summed E-state index contributed by atoms with van der Waals surface area (Å²) in [5.74, 6) is 0.740. The van der Waals surface area contributed by atoms with Gasteiger partial charge in [0.1, 0.15) is 10.7 Å². The van der Waals surface area contributed by atoms with Crippen LogP contribution < -0.4 is 5.32 Å². The molecule has 3 heterocycles. The van der Waals surface area contributed by atoms with Crippen molar-refractivity contribution in [2.45, 2.75) is 59.5 Å². The average Bonchev–Trinajstić information content (AvgIpc) is 3.14. The Balaban J connectivity index is 1.88. The third-order valence-electron chi connectivity index (χ3n) is 4.25. The highest BCUT2D eigenvalue weighted by Crippen LogP contribution is 2.33. The molecule has 0 aliphatic heterocycles. The molecule has 1 atom stereocenters. The Labute approximate surface area is 157 Å². The van der Waals surface area contributed by atoms with Crippen molar-refractivity contribution in [1.29, 1.82) is 0 Å². The van der Waals surface area contributed by atoms with Crippen molar-refractivity contribution in [1.82, 2.24) is 25.1 Å². The first-order chi connectivity index (χ1) is 12.2. The fraction of sp³-hybridized carbons (Fsp3) is 0.474. The number of fused-ring (bicyclic) bond motifs is 1. The first kappa shape index (κ1) is 18.5. The van der Waals surface area contributed by atoms with E-state index in [0.717, 1.165) is 27.3 Å². The molecule has 138 valence electrons. The number of thiophene rings is 1. The number of aromatic nitrogens is 4. The van der Waals surface area contributed by atoms with Crippen molar-refractivity contribution in [3.8, 4) is 0 Å². The molecule has 3 aromatic rings. The maximum absolute atomic E-state index is 12.8. The van der Waals surface area contributed by atoms with Gasteiger partial charge < -0.3 is 5.32 Å². The lowest BCUT2D eigenvalue weighted by molar-refractivity contribution is 0.0939. The minimum Gasteiger partial charge on any atom is -0.347 e. The number of aryl methyl sites for hydroxylation is 2. The molecule has 7 heteroatoms. The summed E-state index contributed by atoms with van der Waals surface area (Å²) in [5.41, 5.74) is 1.75. The second-order valence-corrected chi connectivity index (χ2v) is 8.72. The molecule has 26 heavy (non-hydrogen) atoms. The molecule has 0 aliphatic carbocycles. The maximum atomic E-state index is 12.8. The number of hydrogen-bond acceptors (Lipinski definition) is 5. The van der Waals surface area contributed by atoms with E-state index in [0.29, 0.717) is 11.4 Å². The SMILES string of the molecule is Cc1nc(C(C)(C)C)nc2sc(C(=O)N[C@@H](C)Cn3cccn3)c(C)c12. The minimum absolute atomic E-state index is 0.0238. The number of hydrogen-bond donors (Lipinski definition) is 1. The lowest BCUT2D eigenvalue weighted by atomic mass is 9.95. The lowest BCUT2D eigenvalue weighted by Gasteiger charge is -2.16. The third kappa shape index (κ3) is 3.62. The number of nitrogens with zero attached hydrogens (tertiary/aromatic N) is 4. The summed E-state index contributed by atoms with van der Waals surface area (Å²) in [6, 6.07) is 1.85. The molecule has 0 aliphatic rings. The van der Waals surface area contributed by atoms with Gasteiger partial charge in [0.25, 0.3) is 5.91 Å². The Morgan fingerprint density at radius 2 is 2.04 bits per heavy atom. The van der Waals surface area contributed by atoms with Crippen LogP contribution in [0.5, 0.6) is 0 Å². The average molecular weight is 372 g/mol. The Hall–Kier alpha value is -2.28. The molecular weight excluding hydrogens is 346 g/mol. The Morgan fingerprint density at radius 1 is 1.31 bits per heavy atom. The Bertz CT molecular complexity index is 937. The van der Waals surface area contributed by atoms with Crippen molar-refractivity contribution in [3.63, 3.8) is 0 Å². The summed E-state index contributed by atoms with van der Waals surface area (Å²) in [5, 5.41) is 8.24. The van der Waals surface area contributed by atoms with Gasteiger partial charge in [0.2, 0.25) is 0 Å². The summed E-state index contributed by atoms with van der Waals surface area (Å²) >= 11 is 1.44. The molecule has 6 nitrogen and oxygen atoms in total. The monoisotopic (exact) mass is 371 g/mol. The van der Waals surface area contributed by atoms with Crippen LogP contribution in [-0.2, 0) is 12.0 Å². The van der Waals surface area contributed by atoms with E-state index in [-0.39, 0.29) is 17.4 Å². The first-order valence-corrected chi connectivity index (χ1v) is 9.55. The van der Waals surface area contributed by atoms with Gasteiger partial charge in [-0.3, -0.25) is 9.48 Å². The predicted octanol–water partition coefficient (Wildman–Crippen LogP) is 3.62. The van der Waals surface area contributed by atoms with Crippen LogP contribution in [0.25, 0.3) is 10.2 Å². The van der Waals surface area contributed by atoms with Gasteiger partial charge in [0.15, 0.2) is 0 Å². The smallest absolute Gasteiger partial charge is 0.261 e. The van der Waals surface area contributed by atoms with Crippen molar-refractivity contribution >= 4 is 27.5 Å². The fourth-order valence-electron chi connectivity index (χ4n) is 2.92. The maximum Gasteiger partial charge on any atom is 0.261 e. The van der Waals surface area contributed by atoms with Crippen LogP contribution in [0.3, 0.4) is 0 Å². The van der Waals surface area contributed by atoms with Gasteiger partial charge >= 0.3 is 0 Å². The van der Waals surface area contributed by atoms with Gasteiger partial charge in [0, 0.05) is 29.2 Å². The summed E-state index contributed by atoms with van der Waals surface area (Å²) in [6.45, 7) is 12.9. The van der Waals surface area contributed by atoms with Crippen molar-refractivity contribution in [2.75, 3.05) is 0 Å². The third-order valence-corrected chi connectivity index (χ3v) is 5.43. The summed E-state index contributed by atoms with van der Waals surface area (Å²) in [4.78, 5) is 23.8. The van der Waals surface area contributed by atoms with Crippen molar-refractivity contribution in [3.05, 3.63) is 40.4 Å². The number of nitrogens with one attached hydrogen (secondary N) is 1. The predicted molar refractivity (Wildman–Crippen MR) is 105 cm³/mol. The standard InChI is InChI=1S/C19H25N5OS/c1-11(10-24-9-7-8-20-24)21-16(25)15-12(2)14-13(3)22-18(19(4,5)6)23-17(14)26-15/h7-9,11H,10H2,1-6H3,(H,21,25)/t11-/m0/s1. The van der Waals surface area contributed by atoms with Crippen LogP contribution in [0.15, 0.2) is 18.5 Å². The van der Waals surface area contributed by atoms with E-state index >= 15 is 0 Å². The molecule has 0 fully saturated rings. The van der Waals surface area contributed by atoms with Crippen molar-refractivity contribution in [2.24, 2.45) is 0 Å². The van der Waals surface area contributed by atoms with Crippen LogP contribution >= 0.6 is 11.3 Å². The van der Waals surface area contributed by atoms with Crippen LogP contribution in [0.1, 0.15) is 54.4 Å². The zero-order chi connectivity index (χ0) is 19.1. The molecule has 3 rings (SSSR count). The van der Waals surface area contributed by atoms with E-state index in [2.05, 4.69) is 36.2 Å². The number of amides is 1. The van der Waals surface area contributed by atoms with Gasteiger partial charge in [-0.05, 0) is 32.4 Å². The van der Waals surface area contributed by atoms with Crippen LogP contribution in [0.2, 0.25) is 0 Å². The second-order valence-electron chi connectivity index (χ2n) is 7.72. The van der Waals surface area contributed by atoms with Crippen LogP contribution in [0.4, 0.5) is 0 Å². The molecule has 0 radical (unpaired) electrons. The largest absolute Gasteiger partial charge is 0.347 e. The molecule has 0 bridgehead atoms. The zero-order valence-corrected chi connectivity index (χ0v) is 16.9. The van der Waals surface area contributed by atoms with Crippen molar-refractivity contribution < 1.29 is 4.79 Å². The lowest BCUT2D eigenvalue weighted by Crippen LogP contribution is -2.35. The zero-order valence-electron chi connectivity index (χ0n) is 16.1. The Morgan fingerprint density at radius 3 is 2.65 bits per heavy atom. The van der Waals surface area contributed by atoms with E-state index in [1.165, 1.54) is 11.3 Å². The fourth-order valence-corrected chi connectivity index (χ4v) is 4.05. The molecule has 0 unspecified atom stereocenters. The quantitative estimate of drug-likeness (QED) is 0.760. The summed E-state index contributed by atoms with van der Waals surface area (Å²) < 4.78 is 1.81. The van der Waals surface area contributed by atoms with E-state index in [1.54, 1.807) is 6.20 Å². The highest BCUT2D eigenvalue weighted by molar-refractivity contribution is 7.20. The molecule has 0 aromatic carbocycles. The summed E-state index contributed by atoms with van der Waals surface area (Å²) in [7, 11) is 0. The second kappa shape index (κ2) is 6.79. The van der Waals surface area contributed by atoms with E-state index in [9.17, 15) is 4.79 Å². The molecule has 0 saturated carbocycles. The molecule has 1 N–H and O–H groups in total. The normalized spacial score (nSPS) is 13.2. The van der Waals surface area contributed by atoms with E-state index in [4.69, 9.17) is 4.98 Å². The van der Waals surface area contributed by atoms with Gasteiger partial charge in [0.05, 0.1) is 17.1 Å². The van der Waals surface area contributed by atoms with Crippen LogP contribution in [-0.4, -0.2) is 31.7 Å². The summed E-state index contributed by atoms with van der Waals surface area (Å²) in [6.07, 6.45) is 3.62. The topological polar surface area (TPSA) is 72.7 Å². The van der Waals surface area contributed by atoms with Gasteiger partial charge in [-0.15, -0.1) is 11.3 Å². The Kier molecular flexibility index (Phi) is 4.84. The van der Waals surface area contributed by atoms with E-state index in [1.807, 2.05) is 37.7 Å². The van der Waals surface area contributed by atoms with E-state index < -0.39 is 0 Å². The highest BCUT2D eigenvalue weighted by Gasteiger charge is 2.23. The van der Waals surface area contributed by atoms with Crippen LogP contribution in [0, 0.1) is 13.8 Å². The van der Waals surface area contributed by atoms with Gasteiger partial charge in [-0.2, -0.15) is 5.10 Å². The molecule has 0 saturated heterocycles. The van der Waals surface area contributed by atoms with Gasteiger partial charge in [-0.25, -0.2) is 9.97 Å². The van der Waals surface area contributed by atoms with Gasteiger partial charge in [-0.1, -0.05) is 20.8 Å². The molecule has 1 amide bonds. The molecular formula is C19H25N5OS. The number of carbonyl (C=O) groups excluding carboxylic acids is 1. The highest BCUT2D eigenvalue weighted by atomic mass is 32.1. The number of rotatable bonds is 4. The first-order valence-electron chi connectivity index (χ1n) is 8.73.